The molecule has 2 N–H and O–H groups in total. The number of piperazine rings is 1. The van der Waals surface area contributed by atoms with E-state index in [1.165, 1.54) is 11.3 Å². The molecule has 1 saturated heterocycles. The number of hydrogen-bond acceptors (Lipinski definition) is 4. The SMILES string of the molecule is CN=C(NCc1cccc(N2CC=CC2)c1)N1CCN(CC(=O)NC(C)C)CC1. The van der Waals surface area contributed by atoms with Gasteiger partial charge in [0.2, 0.25) is 5.91 Å². The number of nitrogens with one attached hydrogen (secondary N) is 2. The normalized spacial score (nSPS) is 17.9. The quantitative estimate of drug-likeness (QED) is 0.429. The van der Waals surface area contributed by atoms with Crippen LogP contribution in [0.15, 0.2) is 41.4 Å². The fraction of sp³-hybridized carbons (Fsp3) is 0.545. The van der Waals surface area contributed by atoms with Crippen LogP contribution in [0, 0.1) is 0 Å². The topological polar surface area (TPSA) is 63.2 Å². The molecule has 29 heavy (non-hydrogen) atoms. The predicted molar refractivity (Wildman–Crippen MR) is 119 cm³/mol. The molecule has 2 aliphatic heterocycles. The molecule has 0 bridgehead atoms. The number of carbonyl (C=O) groups excluding carboxylic acids is 1. The number of guanidine groups is 1. The summed E-state index contributed by atoms with van der Waals surface area (Å²) in [5.41, 5.74) is 2.51. The van der Waals surface area contributed by atoms with Crippen molar-refractivity contribution in [2.45, 2.75) is 26.4 Å². The Morgan fingerprint density at radius 2 is 1.86 bits per heavy atom. The van der Waals surface area contributed by atoms with Crippen LogP contribution in [0.4, 0.5) is 5.69 Å². The van der Waals surface area contributed by atoms with Gasteiger partial charge in [-0.2, -0.15) is 0 Å². The van der Waals surface area contributed by atoms with Crippen molar-refractivity contribution in [2.24, 2.45) is 4.99 Å². The van der Waals surface area contributed by atoms with Crippen LogP contribution in [0.25, 0.3) is 0 Å². The molecule has 158 valence electrons. The molecule has 7 nitrogen and oxygen atoms in total. The summed E-state index contributed by atoms with van der Waals surface area (Å²) >= 11 is 0. The summed E-state index contributed by atoms with van der Waals surface area (Å²) in [5, 5.41) is 6.46. The van der Waals surface area contributed by atoms with Gasteiger partial charge in [-0.25, -0.2) is 0 Å². The average Bonchev–Trinajstić information content (AvgIpc) is 3.24. The molecule has 0 atom stereocenters. The molecule has 0 unspecified atom stereocenters. The van der Waals surface area contributed by atoms with Crippen LogP contribution in [0.3, 0.4) is 0 Å². The predicted octanol–water partition coefficient (Wildman–Crippen LogP) is 1.28. The van der Waals surface area contributed by atoms with Gasteiger partial charge in [0.15, 0.2) is 5.96 Å². The maximum absolute atomic E-state index is 12.0. The highest BCUT2D eigenvalue weighted by Crippen LogP contribution is 2.18. The summed E-state index contributed by atoms with van der Waals surface area (Å²) < 4.78 is 0. The minimum Gasteiger partial charge on any atom is -0.364 e. The van der Waals surface area contributed by atoms with Gasteiger partial charge in [0, 0.05) is 64.6 Å². The Morgan fingerprint density at radius 1 is 1.14 bits per heavy atom. The number of nitrogens with zero attached hydrogens (tertiary/aromatic N) is 4. The molecule has 0 aliphatic carbocycles. The fourth-order valence-electron chi connectivity index (χ4n) is 3.75. The van der Waals surface area contributed by atoms with Gasteiger partial charge in [-0.3, -0.25) is 14.7 Å². The molecule has 0 radical (unpaired) electrons. The van der Waals surface area contributed by atoms with Gasteiger partial charge in [-0.15, -0.1) is 0 Å². The second kappa shape index (κ2) is 10.3. The van der Waals surface area contributed by atoms with E-state index < -0.39 is 0 Å². The first-order valence-electron chi connectivity index (χ1n) is 10.5. The number of aliphatic imine (C=N–C) groups is 1. The molecule has 3 rings (SSSR count). The molecule has 1 amide bonds. The Labute approximate surface area is 174 Å². The van der Waals surface area contributed by atoms with E-state index >= 15 is 0 Å². The van der Waals surface area contributed by atoms with Gasteiger partial charge in [0.25, 0.3) is 0 Å². The van der Waals surface area contributed by atoms with E-state index in [1.54, 1.807) is 0 Å². The number of anilines is 1. The molecule has 0 aromatic heterocycles. The van der Waals surface area contributed by atoms with Crippen molar-refractivity contribution in [3.05, 3.63) is 42.0 Å². The number of benzene rings is 1. The van der Waals surface area contributed by atoms with Crippen molar-refractivity contribution in [3.63, 3.8) is 0 Å². The van der Waals surface area contributed by atoms with Crippen LogP contribution in [-0.4, -0.2) is 80.6 Å². The largest absolute Gasteiger partial charge is 0.364 e. The van der Waals surface area contributed by atoms with Gasteiger partial charge in [0.05, 0.1) is 6.54 Å². The smallest absolute Gasteiger partial charge is 0.234 e. The Bertz CT molecular complexity index is 729. The Balaban J connectivity index is 1.46. The number of hydrogen-bond donors (Lipinski definition) is 2. The van der Waals surface area contributed by atoms with Crippen molar-refractivity contribution in [1.82, 2.24) is 20.4 Å². The van der Waals surface area contributed by atoms with E-state index in [0.29, 0.717) is 6.54 Å². The zero-order valence-electron chi connectivity index (χ0n) is 17.9. The second-order valence-electron chi connectivity index (χ2n) is 7.93. The van der Waals surface area contributed by atoms with Crippen molar-refractivity contribution in [3.8, 4) is 0 Å². The zero-order chi connectivity index (χ0) is 20.6. The van der Waals surface area contributed by atoms with Gasteiger partial charge in [-0.1, -0.05) is 24.3 Å². The van der Waals surface area contributed by atoms with Gasteiger partial charge in [0.1, 0.15) is 0 Å². The van der Waals surface area contributed by atoms with E-state index in [0.717, 1.165) is 51.8 Å². The minimum atomic E-state index is 0.101. The van der Waals surface area contributed by atoms with Crippen molar-refractivity contribution >= 4 is 17.6 Å². The highest BCUT2D eigenvalue weighted by atomic mass is 16.2. The lowest BCUT2D eigenvalue weighted by Crippen LogP contribution is -2.54. The lowest BCUT2D eigenvalue weighted by atomic mass is 10.2. The zero-order valence-corrected chi connectivity index (χ0v) is 17.9. The lowest BCUT2D eigenvalue weighted by molar-refractivity contribution is -0.123. The molecule has 1 aromatic carbocycles. The third kappa shape index (κ3) is 6.22. The maximum Gasteiger partial charge on any atom is 0.234 e. The minimum absolute atomic E-state index is 0.101. The van der Waals surface area contributed by atoms with Crippen LogP contribution in [-0.2, 0) is 11.3 Å². The van der Waals surface area contributed by atoms with E-state index in [-0.39, 0.29) is 11.9 Å². The summed E-state index contributed by atoms with van der Waals surface area (Å²) in [6.07, 6.45) is 4.41. The molecule has 2 heterocycles. The van der Waals surface area contributed by atoms with Gasteiger partial charge < -0.3 is 20.4 Å². The summed E-state index contributed by atoms with van der Waals surface area (Å²) in [4.78, 5) is 23.3. The van der Waals surface area contributed by atoms with Crippen LogP contribution in [0.2, 0.25) is 0 Å². The first kappa shape index (κ1) is 21.2. The molecule has 2 aliphatic rings. The number of amides is 1. The second-order valence-corrected chi connectivity index (χ2v) is 7.93. The van der Waals surface area contributed by atoms with Crippen LogP contribution >= 0.6 is 0 Å². The summed E-state index contributed by atoms with van der Waals surface area (Å²) in [6, 6.07) is 8.87. The van der Waals surface area contributed by atoms with Gasteiger partial charge >= 0.3 is 0 Å². The number of rotatable bonds is 6. The third-order valence-corrected chi connectivity index (χ3v) is 5.25. The summed E-state index contributed by atoms with van der Waals surface area (Å²) in [6.45, 7) is 10.6. The number of carbonyl (C=O) groups is 1. The highest BCUT2D eigenvalue weighted by Gasteiger charge is 2.21. The maximum atomic E-state index is 12.0. The van der Waals surface area contributed by atoms with E-state index in [2.05, 4.69) is 66.7 Å². The first-order valence-corrected chi connectivity index (χ1v) is 10.5. The van der Waals surface area contributed by atoms with Crippen molar-refractivity contribution in [1.29, 1.82) is 0 Å². The van der Waals surface area contributed by atoms with Crippen LogP contribution in [0.1, 0.15) is 19.4 Å². The Kier molecular flexibility index (Phi) is 7.52. The molecule has 1 aromatic rings. The van der Waals surface area contributed by atoms with Crippen molar-refractivity contribution in [2.75, 3.05) is 57.8 Å². The molecule has 1 fully saturated rings. The first-order chi connectivity index (χ1) is 14.0. The van der Waals surface area contributed by atoms with E-state index in [9.17, 15) is 4.79 Å². The van der Waals surface area contributed by atoms with Crippen molar-refractivity contribution < 1.29 is 4.79 Å². The van der Waals surface area contributed by atoms with Gasteiger partial charge in [-0.05, 0) is 31.5 Å². The molecule has 0 saturated carbocycles. The van der Waals surface area contributed by atoms with E-state index in [4.69, 9.17) is 0 Å². The molecule has 0 spiro atoms. The van der Waals surface area contributed by atoms with Crippen LogP contribution < -0.4 is 15.5 Å². The molecule has 7 heteroatoms. The molecular weight excluding hydrogens is 364 g/mol. The highest BCUT2D eigenvalue weighted by molar-refractivity contribution is 5.80. The monoisotopic (exact) mass is 398 g/mol. The third-order valence-electron chi connectivity index (χ3n) is 5.25. The lowest BCUT2D eigenvalue weighted by Gasteiger charge is -2.36. The van der Waals surface area contributed by atoms with Crippen LogP contribution in [0.5, 0.6) is 0 Å². The van der Waals surface area contributed by atoms with E-state index in [1.807, 2.05) is 20.9 Å². The Morgan fingerprint density at radius 3 is 2.52 bits per heavy atom. The Hall–Kier alpha value is -2.54. The standard InChI is InChI=1S/C22H34N6O/c1-18(2)25-21(29)17-26-11-13-28(14-12-26)22(23-3)24-16-19-7-6-8-20(15-19)27-9-4-5-10-27/h4-8,15,18H,9-14,16-17H2,1-3H3,(H,23,24)(H,25,29). The fourth-order valence-corrected chi connectivity index (χ4v) is 3.75. The summed E-state index contributed by atoms with van der Waals surface area (Å²) in [5.74, 6) is 1.02. The molecular formula is C22H34N6O. The average molecular weight is 399 g/mol. The summed E-state index contributed by atoms with van der Waals surface area (Å²) in [7, 11) is 1.83.